The minimum Gasteiger partial charge on any atom is -0.352 e. The number of aliphatic imine (C=N–C) groups is 1. The SMILES string of the molecule is CN=C(NCc1cccc(NC(=O)CN(C)C)c1)NCc1cc(Cl)c(Cl)n1C.I. The smallest absolute Gasteiger partial charge is 0.238 e. The average Bonchev–Trinajstić information content (AvgIpc) is 2.88. The second-order valence-corrected chi connectivity index (χ2v) is 7.36. The van der Waals surface area contributed by atoms with Crippen molar-refractivity contribution < 1.29 is 4.79 Å². The molecule has 0 aliphatic carbocycles. The van der Waals surface area contributed by atoms with E-state index in [1.54, 1.807) is 7.05 Å². The summed E-state index contributed by atoms with van der Waals surface area (Å²) in [7, 11) is 7.28. The average molecular weight is 553 g/mol. The maximum absolute atomic E-state index is 11.9. The molecule has 0 fully saturated rings. The summed E-state index contributed by atoms with van der Waals surface area (Å²) in [4.78, 5) is 17.9. The van der Waals surface area contributed by atoms with Gasteiger partial charge in [-0.2, -0.15) is 0 Å². The molecule has 0 spiro atoms. The number of carbonyl (C=O) groups excluding carboxylic acids is 1. The van der Waals surface area contributed by atoms with Gasteiger partial charge < -0.3 is 25.4 Å². The zero-order valence-corrected chi connectivity index (χ0v) is 20.8. The minimum absolute atomic E-state index is 0. The van der Waals surface area contributed by atoms with Crippen molar-refractivity contribution >= 4 is 64.7 Å². The Morgan fingerprint density at radius 2 is 1.86 bits per heavy atom. The normalized spacial score (nSPS) is 11.2. The summed E-state index contributed by atoms with van der Waals surface area (Å²) in [5, 5.41) is 10.4. The highest BCUT2D eigenvalue weighted by Gasteiger charge is 2.09. The van der Waals surface area contributed by atoms with E-state index in [-0.39, 0.29) is 29.9 Å². The molecule has 2 aromatic rings. The molecule has 0 aliphatic rings. The van der Waals surface area contributed by atoms with E-state index in [1.165, 1.54) is 0 Å². The number of hydrogen-bond acceptors (Lipinski definition) is 3. The van der Waals surface area contributed by atoms with Gasteiger partial charge in [-0.05, 0) is 37.9 Å². The highest BCUT2D eigenvalue weighted by Crippen LogP contribution is 2.24. The molecule has 0 aliphatic heterocycles. The molecule has 7 nitrogen and oxygen atoms in total. The first-order valence-corrected chi connectivity index (χ1v) is 9.53. The first-order valence-electron chi connectivity index (χ1n) is 8.77. The third-order valence-electron chi connectivity index (χ3n) is 4.01. The van der Waals surface area contributed by atoms with Crippen molar-refractivity contribution in [3.63, 3.8) is 0 Å². The van der Waals surface area contributed by atoms with Crippen molar-refractivity contribution in [1.82, 2.24) is 20.1 Å². The summed E-state index contributed by atoms with van der Waals surface area (Å²) in [5.41, 5.74) is 2.74. The van der Waals surface area contributed by atoms with Gasteiger partial charge >= 0.3 is 0 Å². The molecular formula is C19H27Cl2IN6O. The van der Waals surface area contributed by atoms with Crippen LogP contribution >= 0.6 is 47.2 Å². The van der Waals surface area contributed by atoms with Crippen LogP contribution in [0.15, 0.2) is 35.3 Å². The molecular weight excluding hydrogens is 526 g/mol. The first-order chi connectivity index (χ1) is 13.3. The largest absolute Gasteiger partial charge is 0.352 e. The predicted octanol–water partition coefficient (Wildman–Crippen LogP) is 3.32. The van der Waals surface area contributed by atoms with Gasteiger partial charge in [0.05, 0.1) is 18.1 Å². The molecule has 29 heavy (non-hydrogen) atoms. The van der Waals surface area contributed by atoms with Crippen LogP contribution in [0.5, 0.6) is 0 Å². The summed E-state index contributed by atoms with van der Waals surface area (Å²) in [6.07, 6.45) is 0. The number of nitrogens with zero attached hydrogens (tertiary/aromatic N) is 3. The molecule has 2 rings (SSSR count). The highest BCUT2D eigenvalue weighted by molar-refractivity contribution is 14.0. The molecule has 1 aromatic carbocycles. The lowest BCUT2D eigenvalue weighted by Crippen LogP contribution is -2.36. The Morgan fingerprint density at radius 1 is 1.17 bits per heavy atom. The van der Waals surface area contributed by atoms with Crippen LogP contribution in [0, 0.1) is 0 Å². The number of amides is 1. The molecule has 0 radical (unpaired) electrons. The van der Waals surface area contributed by atoms with Gasteiger partial charge in [0.15, 0.2) is 5.96 Å². The van der Waals surface area contributed by atoms with Gasteiger partial charge in [-0.1, -0.05) is 35.3 Å². The van der Waals surface area contributed by atoms with E-state index in [2.05, 4.69) is 20.9 Å². The fraction of sp³-hybridized carbons (Fsp3) is 0.368. The molecule has 0 bridgehead atoms. The molecule has 1 heterocycles. The zero-order valence-electron chi connectivity index (χ0n) is 16.9. The van der Waals surface area contributed by atoms with Crippen LogP contribution in [0.4, 0.5) is 5.69 Å². The van der Waals surface area contributed by atoms with E-state index in [0.717, 1.165) is 16.9 Å². The standard InChI is InChI=1S/C19H26Cl2N6O.HI/c1-22-19(24-11-15-9-16(20)18(21)27(15)4)23-10-13-6-5-7-14(8-13)25-17(28)12-26(2)3;/h5-9H,10-12H2,1-4H3,(H,25,28)(H2,22,23,24);1H. The number of carbonyl (C=O) groups is 1. The predicted molar refractivity (Wildman–Crippen MR) is 132 cm³/mol. The van der Waals surface area contributed by atoms with Crippen LogP contribution in [0.2, 0.25) is 10.2 Å². The van der Waals surface area contributed by atoms with Crippen LogP contribution in [0.1, 0.15) is 11.3 Å². The summed E-state index contributed by atoms with van der Waals surface area (Å²) < 4.78 is 1.82. The fourth-order valence-corrected chi connectivity index (χ4v) is 3.00. The van der Waals surface area contributed by atoms with E-state index in [4.69, 9.17) is 23.2 Å². The molecule has 1 aromatic heterocycles. The number of benzene rings is 1. The number of rotatable bonds is 7. The molecule has 10 heteroatoms. The van der Waals surface area contributed by atoms with Crippen LogP contribution < -0.4 is 16.0 Å². The zero-order chi connectivity index (χ0) is 20.7. The Labute approximate surface area is 198 Å². The van der Waals surface area contributed by atoms with E-state index >= 15 is 0 Å². The molecule has 0 atom stereocenters. The van der Waals surface area contributed by atoms with Gasteiger partial charge in [0.2, 0.25) is 5.91 Å². The lowest BCUT2D eigenvalue weighted by atomic mass is 10.2. The second kappa shape index (κ2) is 12.3. The summed E-state index contributed by atoms with van der Waals surface area (Å²) >= 11 is 12.1. The molecule has 0 saturated heterocycles. The third kappa shape index (κ3) is 8.04. The van der Waals surface area contributed by atoms with E-state index in [0.29, 0.717) is 35.8 Å². The van der Waals surface area contributed by atoms with Crippen molar-refractivity contribution in [3.05, 3.63) is 51.8 Å². The van der Waals surface area contributed by atoms with Crippen molar-refractivity contribution in [2.45, 2.75) is 13.1 Å². The number of nitrogens with one attached hydrogen (secondary N) is 3. The van der Waals surface area contributed by atoms with Crippen LogP contribution in [0.25, 0.3) is 0 Å². The van der Waals surface area contributed by atoms with Crippen molar-refractivity contribution in [2.24, 2.45) is 12.0 Å². The Kier molecular flexibility index (Phi) is 10.8. The van der Waals surface area contributed by atoms with Crippen molar-refractivity contribution in [3.8, 4) is 0 Å². The number of likely N-dealkylation sites (N-methyl/N-ethyl adjacent to an activating group) is 1. The minimum atomic E-state index is -0.0486. The molecule has 3 N–H and O–H groups in total. The highest BCUT2D eigenvalue weighted by atomic mass is 127. The topological polar surface area (TPSA) is 73.7 Å². The number of hydrogen-bond donors (Lipinski definition) is 3. The number of aromatic nitrogens is 1. The van der Waals surface area contributed by atoms with Crippen molar-refractivity contribution in [2.75, 3.05) is 33.0 Å². The number of guanidine groups is 1. The molecule has 160 valence electrons. The van der Waals surface area contributed by atoms with Crippen molar-refractivity contribution in [1.29, 1.82) is 0 Å². The Bertz CT molecular complexity index is 853. The van der Waals surface area contributed by atoms with Gasteiger partial charge in [-0.15, -0.1) is 24.0 Å². The van der Waals surface area contributed by atoms with Gasteiger partial charge in [-0.3, -0.25) is 9.79 Å². The van der Waals surface area contributed by atoms with Gasteiger partial charge in [-0.25, -0.2) is 0 Å². The summed E-state index contributed by atoms with van der Waals surface area (Å²) in [5.74, 6) is 0.600. The lowest BCUT2D eigenvalue weighted by molar-refractivity contribution is -0.116. The Hall–Kier alpha value is -1.49. The lowest BCUT2D eigenvalue weighted by Gasteiger charge is -2.14. The summed E-state index contributed by atoms with van der Waals surface area (Å²) in [6, 6.07) is 9.52. The first kappa shape index (κ1) is 25.5. The molecule has 0 unspecified atom stereocenters. The molecule has 1 amide bonds. The quantitative estimate of drug-likeness (QED) is 0.280. The molecule has 0 saturated carbocycles. The van der Waals surface area contributed by atoms with E-state index < -0.39 is 0 Å². The monoisotopic (exact) mass is 552 g/mol. The van der Waals surface area contributed by atoms with Gasteiger partial charge in [0.25, 0.3) is 0 Å². The van der Waals surface area contributed by atoms with E-state index in [1.807, 2.05) is 60.9 Å². The summed E-state index contributed by atoms with van der Waals surface area (Å²) in [6.45, 7) is 1.43. The van der Waals surface area contributed by atoms with E-state index in [9.17, 15) is 4.79 Å². The Morgan fingerprint density at radius 3 is 2.45 bits per heavy atom. The number of anilines is 1. The maximum Gasteiger partial charge on any atom is 0.238 e. The maximum atomic E-state index is 11.9. The second-order valence-electron chi connectivity index (χ2n) is 6.60. The van der Waals surface area contributed by atoms with Gasteiger partial charge in [0, 0.05) is 32.0 Å². The van der Waals surface area contributed by atoms with Crippen LogP contribution in [-0.2, 0) is 24.9 Å². The number of halogens is 3. The third-order valence-corrected chi connectivity index (χ3v) is 4.85. The fourth-order valence-electron chi connectivity index (χ4n) is 2.59. The van der Waals surface area contributed by atoms with Crippen LogP contribution in [-0.4, -0.2) is 49.0 Å². The van der Waals surface area contributed by atoms with Crippen LogP contribution in [0.3, 0.4) is 0 Å². The van der Waals surface area contributed by atoms with Gasteiger partial charge in [0.1, 0.15) is 5.15 Å². The Balaban J connectivity index is 0.00000420.